The second kappa shape index (κ2) is 8.67. The normalized spacial score (nSPS) is 7.73. The summed E-state index contributed by atoms with van der Waals surface area (Å²) >= 11 is 0. The molecule has 11 heavy (non-hydrogen) atoms. The van der Waals surface area contributed by atoms with Gasteiger partial charge in [0.25, 0.3) is 0 Å². The van der Waals surface area contributed by atoms with Crippen molar-refractivity contribution in [2.45, 2.75) is 12.8 Å². The molecule has 1 aromatic rings. The zero-order chi connectivity index (χ0) is 6.53. The second-order valence-corrected chi connectivity index (χ2v) is 2.09. The van der Waals surface area contributed by atoms with E-state index in [4.69, 9.17) is 0 Å². The Bertz CT molecular complexity index is 162. The van der Waals surface area contributed by atoms with E-state index in [1.54, 1.807) is 0 Å². The molecule has 0 aliphatic carbocycles. The van der Waals surface area contributed by atoms with E-state index in [-0.39, 0.29) is 43.5 Å². The minimum Gasteiger partial charge on any atom is -1.00 e. The maximum atomic E-state index is 3.78. The fourth-order valence-corrected chi connectivity index (χ4v) is 0.849. The molecule has 1 radical (unpaired) electrons. The molecular formula is C9H11IZn-. The molecule has 0 nitrogen and oxygen atoms in total. The standard InChI is InChI=1S/C9H11.HI.Zn/c1-2-6-9-7-4-3-5-8-9;;/h3-5,7-8H,1-2,6H2;1H;/p-1. The van der Waals surface area contributed by atoms with Gasteiger partial charge in [-0.25, -0.2) is 0 Å². The summed E-state index contributed by atoms with van der Waals surface area (Å²) in [6, 6.07) is 10.4. The fourth-order valence-electron chi connectivity index (χ4n) is 0.849. The van der Waals surface area contributed by atoms with E-state index in [2.05, 4.69) is 31.2 Å². The van der Waals surface area contributed by atoms with Crippen molar-refractivity contribution >= 4 is 0 Å². The van der Waals surface area contributed by atoms with Crippen LogP contribution in [-0.2, 0) is 25.9 Å². The van der Waals surface area contributed by atoms with E-state index in [1.807, 2.05) is 6.07 Å². The number of aryl methyl sites for hydroxylation is 1. The first kappa shape index (κ1) is 14.1. The quantitative estimate of drug-likeness (QED) is 0.508. The van der Waals surface area contributed by atoms with Crippen molar-refractivity contribution in [2.24, 2.45) is 0 Å². The van der Waals surface area contributed by atoms with Crippen LogP contribution in [0.1, 0.15) is 12.0 Å². The number of benzene rings is 1. The second-order valence-electron chi connectivity index (χ2n) is 2.09. The molecule has 1 rings (SSSR count). The topological polar surface area (TPSA) is 0 Å². The van der Waals surface area contributed by atoms with Gasteiger partial charge >= 0.3 is 0 Å². The maximum Gasteiger partial charge on any atom is 0 e. The summed E-state index contributed by atoms with van der Waals surface area (Å²) < 4.78 is 0. The number of halogens is 1. The average molecular weight is 311 g/mol. The van der Waals surface area contributed by atoms with Crippen molar-refractivity contribution in [1.82, 2.24) is 0 Å². The van der Waals surface area contributed by atoms with Crippen LogP contribution in [0.4, 0.5) is 0 Å². The third-order valence-corrected chi connectivity index (χ3v) is 1.31. The van der Waals surface area contributed by atoms with Crippen molar-refractivity contribution in [2.75, 3.05) is 0 Å². The zero-order valence-electron chi connectivity index (χ0n) is 6.59. The monoisotopic (exact) mass is 310 g/mol. The summed E-state index contributed by atoms with van der Waals surface area (Å²) in [5, 5.41) is 0. The Hall–Kier alpha value is 0.573. The molecule has 0 fully saturated rings. The van der Waals surface area contributed by atoms with Crippen molar-refractivity contribution < 1.29 is 43.5 Å². The third kappa shape index (κ3) is 5.80. The molecule has 0 aliphatic heterocycles. The first-order valence-electron chi connectivity index (χ1n) is 3.26. The number of rotatable bonds is 2. The molecule has 0 unspecified atom stereocenters. The molecule has 0 N–H and O–H groups in total. The van der Waals surface area contributed by atoms with Gasteiger partial charge in [0.2, 0.25) is 0 Å². The molecule has 0 atom stereocenters. The predicted octanol–water partition coefficient (Wildman–Crippen LogP) is -0.545. The van der Waals surface area contributed by atoms with Gasteiger partial charge in [-0.1, -0.05) is 37.3 Å². The summed E-state index contributed by atoms with van der Waals surface area (Å²) in [6.45, 7) is 3.78. The SMILES string of the molecule is [CH2]CCc1ccccc1.[I-].[Zn]. The molecule has 2 heteroatoms. The Balaban J connectivity index is 0. The summed E-state index contributed by atoms with van der Waals surface area (Å²) in [6.07, 6.45) is 2.09. The molecule has 1 aromatic carbocycles. The van der Waals surface area contributed by atoms with Gasteiger partial charge in [0.15, 0.2) is 0 Å². The predicted molar refractivity (Wildman–Crippen MR) is 40.1 cm³/mol. The van der Waals surface area contributed by atoms with E-state index in [0.29, 0.717) is 0 Å². The smallest absolute Gasteiger partial charge is 0 e. The van der Waals surface area contributed by atoms with Crippen LogP contribution in [0.15, 0.2) is 30.3 Å². The molecule has 0 bridgehead atoms. The van der Waals surface area contributed by atoms with Crippen LogP contribution >= 0.6 is 0 Å². The van der Waals surface area contributed by atoms with Crippen LogP contribution < -0.4 is 24.0 Å². The Kier molecular flexibility index (Phi) is 11.1. The largest absolute Gasteiger partial charge is 1.00 e. The minimum absolute atomic E-state index is 0. The Morgan fingerprint density at radius 3 is 2.09 bits per heavy atom. The van der Waals surface area contributed by atoms with Gasteiger partial charge in [-0.15, -0.1) is 0 Å². The van der Waals surface area contributed by atoms with Crippen LogP contribution in [0.25, 0.3) is 0 Å². The molecule has 0 amide bonds. The molecule has 0 heterocycles. The van der Waals surface area contributed by atoms with Gasteiger partial charge in [0.1, 0.15) is 0 Å². The van der Waals surface area contributed by atoms with Crippen molar-refractivity contribution in [3.8, 4) is 0 Å². The zero-order valence-corrected chi connectivity index (χ0v) is 11.7. The molecule has 0 spiro atoms. The van der Waals surface area contributed by atoms with Gasteiger partial charge < -0.3 is 24.0 Å². The first-order chi connectivity index (χ1) is 4.43. The maximum absolute atomic E-state index is 3.78. The number of hydrogen-bond donors (Lipinski definition) is 0. The third-order valence-electron chi connectivity index (χ3n) is 1.31. The van der Waals surface area contributed by atoms with Gasteiger partial charge in [-0.2, -0.15) is 0 Å². The summed E-state index contributed by atoms with van der Waals surface area (Å²) in [5.41, 5.74) is 1.38. The van der Waals surface area contributed by atoms with E-state index < -0.39 is 0 Å². The molecular weight excluding hydrogens is 300 g/mol. The Morgan fingerprint density at radius 2 is 1.64 bits per heavy atom. The van der Waals surface area contributed by atoms with Gasteiger partial charge in [-0.3, -0.25) is 0 Å². The summed E-state index contributed by atoms with van der Waals surface area (Å²) in [5.74, 6) is 0. The molecule has 0 saturated carbocycles. The molecule has 0 aliphatic rings. The van der Waals surface area contributed by atoms with Crippen molar-refractivity contribution in [3.63, 3.8) is 0 Å². The van der Waals surface area contributed by atoms with Crippen LogP contribution in [0, 0.1) is 6.92 Å². The van der Waals surface area contributed by atoms with Crippen molar-refractivity contribution in [1.29, 1.82) is 0 Å². The van der Waals surface area contributed by atoms with Crippen LogP contribution in [0.2, 0.25) is 0 Å². The average Bonchev–Trinajstić information content (AvgIpc) is 1.91. The summed E-state index contributed by atoms with van der Waals surface area (Å²) in [4.78, 5) is 0. The van der Waals surface area contributed by atoms with Crippen molar-refractivity contribution in [3.05, 3.63) is 42.8 Å². The van der Waals surface area contributed by atoms with E-state index in [9.17, 15) is 0 Å². The number of hydrogen-bond acceptors (Lipinski definition) is 0. The van der Waals surface area contributed by atoms with Crippen LogP contribution in [-0.4, -0.2) is 0 Å². The molecule has 0 saturated heterocycles. The van der Waals surface area contributed by atoms with Gasteiger partial charge in [0.05, 0.1) is 0 Å². The summed E-state index contributed by atoms with van der Waals surface area (Å²) in [7, 11) is 0. The van der Waals surface area contributed by atoms with Gasteiger partial charge in [0, 0.05) is 19.5 Å². The van der Waals surface area contributed by atoms with E-state index in [0.717, 1.165) is 12.8 Å². The van der Waals surface area contributed by atoms with Crippen LogP contribution in [0.5, 0.6) is 0 Å². The van der Waals surface area contributed by atoms with E-state index >= 15 is 0 Å². The molecule has 0 aromatic heterocycles. The molecule has 57 valence electrons. The Labute approximate surface area is 98.6 Å². The minimum atomic E-state index is 0. The first-order valence-corrected chi connectivity index (χ1v) is 3.26. The van der Waals surface area contributed by atoms with Crippen LogP contribution in [0.3, 0.4) is 0 Å². The van der Waals surface area contributed by atoms with E-state index in [1.165, 1.54) is 5.56 Å². The van der Waals surface area contributed by atoms with Gasteiger partial charge in [-0.05, 0) is 18.4 Å². The fraction of sp³-hybridized carbons (Fsp3) is 0.222. The Morgan fingerprint density at radius 1 is 1.09 bits per heavy atom.